The molecule has 1 N–H and O–H groups in total. The Morgan fingerprint density at radius 1 is 1.30 bits per heavy atom. The largest absolute Gasteiger partial charge is 0.496 e. The van der Waals surface area contributed by atoms with Crippen LogP contribution >= 0.6 is 0 Å². The summed E-state index contributed by atoms with van der Waals surface area (Å²) in [5.41, 5.74) is 2.51. The van der Waals surface area contributed by atoms with Gasteiger partial charge in [0.25, 0.3) is 0 Å². The van der Waals surface area contributed by atoms with Crippen molar-refractivity contribution < 1.29 is 9.84 Å². The van der Waals surface area contributed by atoms with Crippen LogP contribution < -0.4 is 4.74 Å². The molecule has 0 spiro atoms. The van der Waals surface area contributed by atoms with Gasteiger partial charge in [-0.1, -0.05) is 39.0 Å². The Morgan fingerprint density at radius 3 is 2.65 bits per heavy atom. The van der Waals surface area contributed by atoms with Gasteiger partial charge >= 0.3 is 0 Å². The molecule has 0 fully saturated rings. The Hall–Kier alpha value is -1.28. The minimum atomic E-state index is 0.0354. The molecule has 1 aromatic rings. The number of ether oxygens (including phenoxy) is 1. The molecule has 0 aromatic heterocycles. The fourth-order valence-electron chi connectivity index (χ4n) is 2.12. The van der Waals surface area contributed by atoms with Crippen LogP contribution in [-0.4, -0.2) is 18.8 Å². The fraction of sp³-hybridized carbons (Fsp3) is 0.556. The summed E-state index contributed by atoms with van der Waals surface area (Å²) in [4.78, 5) is 0. The van der Waals surface area contributed by atoms with Gasteiger partial charge in [-0.2, -0.15) is 0 Å². The highest BCUT2D eigenvalue weighted by Crippen LogP contribution is 2.24. The lowest BCUT2D eigenvalue weighted by Crippen LogP contribution is -2.15. The van der Waals surface area contributed by atoms with Crippen molar-refractivity contribution in [2.75, 3.05) is 13.7 Å². The Bertz CT molecular complexity index is 433. The van der Waals surface area contributed by atoms with Crippen molar-refractivity contribution in [1.29, 1.82) is 0 Å². The molecule has 1 aromatic carbocycles. The lowest BCUT2D eigenvalue weighted by atomic mass is 9.88. The number of benzene rings is 1. The molecule has 0 radical (unpaired) electrons. The first-order valence-electron chi connectivity index (χ1n) is 7.46. The first-order valence-corrected chi connectivity index (χ1v) is 7.46. The average molecular weight is 276 g/mol. The molecule has 0 aliphatic rings. The molecule has 0 amide bonds. The third-order valence-electron chi connectivity index (χ3n) is 3.65. The monoisotopic (exact) mass is 276 g/mol. The smallest absolute Gasteiger partial charge is 0.126 e. The van der Waals surface area contributed by atoms with Gasteiger partial charge < -0.3 is 9.84 Å². The standard InChI is InChI=1S/C18H28O2/c1-5-15-10-11-17(20-4)16(13-15)9-7-6-8-12-18(2,3)14-19/h7,9-11,13,19H,5-6,8,12,14H2,1-4H3/b9-7+. The average Bonchev–Trinajstić information content (AvgIpc) is 2.46. The number of hydrogen-bond donors (Lipinski definition) is 1. The highest BCUT2D eigenvalue weighted by Gasteiger charge is 2.14. The van der Waals surface area contributed by atoms with E-state index in [2.05, 4.69) is 45.1 Å². The highest BCUT2D eigenvalue weighted by molar-refractivity contribution is 5.58. The first kappa shape index (κ1) is 16.8. The molecule has 20 heavy (non-hydrogen) atoms. The van der Waals surface area contributed by atoms with Crippen molar-refractivity contribution in [3.63, 3.8) is 0 Å². The lowest BCUT2D eigenvalue weighted by molar-refractivity contribution is 0.148. The number of aliphatic hydroxyl groups is 1. The number of aliphatic hydroxyl groups excluding tert-OH is 1. The Kier molecular flexibility index (Phi) is 6.80. The zero-order valence-corrected chi connectivity index (χ0v) is 13.3. The molecule has 112 valence electrons. The number of hydrogen-bond acceptors (Lipinski definition) is 2. The second kappa shape index (κ2) is 8.11. The predicted molar refractivity (Wildman–Crippen MR) is 86.1 cm³/mol. The van der Waals surface area contributed by atoms with E-state index >= 15 is 0 Å². The van der Waals surface area contributed by atoms with Crippen LogP contribution in [0.15, 0.2) is 24.3 Å². The van der Waals surface area contributed by atoms with Crippen molar-refractivity contribution in [1.82, 2.24) is 0 Å². The summed E-state index contributed by atoms with van der Waals surface area (Å²) in [7, 11) is 1.71. The molecular formula is C18H28O2. The molecule has 0 aliphatic carbocycles. The summed E-state index contributed by atoms with van der Waals surface area (Å²) >= 11 is 0. The predicted octanol–water partition coefficient (Wildman–Crippen LogP) is 4.46. The Morgan fingerprint density at radius 2 is 2.05 bits per heavy atom. The maximum Gasteiger partial charge on any atom is 0.126 e. The quantitative estimate of drug-likeness (QED) is 0.710. The molecule has 0 saturated heterocycles. The second-order valence-corrected chi connectivity index (χ2v) is 6.05. The van der Waals surface area contributed by atoms with Gasteiger partial charge in [0, 0.05) is 12.2 Å². The number of aryl methyl sites for hydroxylation is 1. The topological polar surface area (TPSA) is 29.5 Å². The minimum absolute atomic E-state index is 0.0354. The van der Waals surface area contributed by atoms with Crippen LogP contribution in [0.3, 0.4) is 0 Å². The van der Waals surface area contributed by atoms with Gasteiger partial charge in [0.2, 0.25) is 0 Å². The van der Waals surface area contributed by atoms with E-state index in [1.54, 1.807) is 7.11 Å². The summed E-state index contributed by atoms with van der Waals surface area (Å²) in [6, 6.07) is 6.33. The first-order chi connectivity index (χ1) is 9.52. The zero-order chi connectivity index (χ0) is 15.0. The van der Waals surface area contributed by atoms with E-state index in [0.29, 0.717) is 0 Å². The molecule has 0 unspecified atom stereocenters. The van der Waals surface area contributed by atoms with Crippen LogP contribution in [0.2, 0.25) is 0 Å². The van der Waals surface area contributed by atoms with Gasteiger partial charge in [0.1, 0.15) is 5.75 Å². The van der Waals surface area contributed by atoms with Gasteiger partial charge in [0.15, 0.2) is 0 Å². The maximum atomic E-state index is 9.22. The van der Waals surface area contributed by atoms with Crippen molar-refractivity contribution >= 4 is 6.08 Å². The normalized spacial score (nSPS) is 12.1. The molecular weight excluding hydrogens is 248 g/mol. The summed E-state index contributed by atoms with van der Waals surface area (Å²) in [6.07, 6.45) is 8.55. The van der Waals surface area contributed by atoms with E-state index < -0.39 is 0 Å². The van der Waals surface area contributed by atoms with Crippen LogP contribution in [0.1, 0.15) is 51.2 Å². The van der Waals surface area contributed by atoms with Gasteiger partial charge in [0.05, 0.1) is 7.11 Å². The summed E-state index contributed by atoms with van der Waals surface area (Å²) in [5, 5.41) is 9.22. The Labute approximate surface area is 123 Å². The van der Waals surface area contributed by atoms with Gasteiger partial charge in [-0.3, -0.25) is 0 Å². The van der Waals surface area contributed by atoms with E-state index in [-0.39, 0.29) is 12.0 Å². The van der Waals surface area contributed by atoms with Crippen LogP contribution in [0.5, 0.6) is 5.75 Å². The molecule has 0 aliphatic heterocycles. The van der Waals surface area contributed by atoms with E-state index in [9.17, 15) is 5.11 Å². The van der Waals surface area contributed by atoms with E-state index in [1.165, 1.54) is 5.56 Å². The van der Waals surface area contributed by atoms with Crippen molar-refractivity contribution in [3.8, 4) is 5.75 Å². The molecule has 0 heterocycles. The number of allylic oxidation sites excluding steroid dienone is 1. The SMILES string of the molecule is CCc1ccc(OC)c(/C=C/CCCC(C)(C)CO)c1. The van der Waals surface area contributed by atoms with Gasteiger partial charge in [-0.15, -0.1) is 0 Å². The molecule has 0 atom stereocenters. The number of methoxy groups -OCH3 is 1. The van der Waals surface area contributed by atoms with Crippen molar-refractivity contribution in [2.45, 2.75) is 46.5 Å². The van der Waals surface area contributed by atoms with Crippen molar-refractivity contribution in [2.24, 2.45) is 5.41 Å². The van der Waals surface area contributed by atoms with E-state index in [1.807, 2.05) is 6.07 Å². The van der Waals surface area contributed by atoms with Gasteiger partial charge in [-0.25, -0.2) is 0 Å². The molecule has 0 bridgehead atoms. The van der Waals surface area contributed by atoms with E-state index in [0.717, 1.165) is 37.0 Å². The minimum Gasteiger partial charge on any atom is -0.496 e. The third-order valence-corrected chi connectivity index (χ3v) is 3.65. The van der Waals surface area contributed by atoms with Crippen molar-refractivity contribution in [3.05, 3.63) is 35.4 Å². The number of unbranched alkanes of at least 4 members (excludes halogenated alkanes) is 1. The lowest BCUT2D eigenvalue weighted by Gasteiger charge is -2.20. The van der Waals surface area contributed by atoms with Crippen LogP contribution in [0.4, 0.5) is 0 Å². The summed E-state index contributed by atoms with van der Waals surface area (Å²) in [6.45, 7) is 6.62. The molecule has 2 heteroatoms. The van der Waals surface area contributed by atoms with Crippen LogP contribution in [0, 0.1) is 5.41 Å². The second-order valence-electron chi connectivity index (χ2n) is 6.05. The number of rotatable bonds is 8. The van der Waals surface area contributed by atoms with Crippen LogP contribution in [-0.2, 0) is 6.42 Å². The highest BCUT2D eigenvalue weighted by atomic mass is 16.5. The fourth-order valence-corrected chi connectivity index (χ4v) is 2.12. The summed E-state index contributed by atoms with van der Waals surface area (Å²) in [5.74, 6) is 0.925. The molecule has 0 saturated carbocycles. The van der Waals surface area contributed by atoms with E-state index in [4.69, 9.17) is 4.74 Å². The summed E-state index contributed by atoms with van der Waals surface area (Å²) < 4.78 is 5.39. The zero-order valence-electron chi connectivity index (χ0n) is 13.3. The maximum absolute atomic E-state index is 9.22. The molecule has 2 nitrogen and oxygen atoms in total. The Balaban J connectivity index is 2.57. The van der Waals surface area contributed by atoms with Crippen LogP contribution in [0.25, 0.3) is 6.08 Å². The third kappa shape index (κ3) is 5.38. The molecule has 1 rings (SSSR count). The van der Waals surface area contributed by atoms with Gasteiger partial charge in [-0.05, 0) is 48.8 Å².